The Kier molecular flexibility index (Phi) is 6.02. The van der Waals surface area contributed by atoms with Crippen molar-refractivity contribution in [2.75, 3.05) is 13.2 Å². The van der Waals surface area contributed by atoms with Gasteiger partial charge in [-0.05, 0) is 23.6 Å². The summed E-state index contributed by atoms with van der Waals surface area (Å²) in [5, 5.41) is 3.06. The lowest BCUT2D eigenvalue weighted by molar-refractivity contribution is -0.120. The molecular formula is C16H26N2O2. The summed E-state index contributed by atoms with van der Waals surface area (Å²) in [5.74, 6) is 0.541. The van der Waals surface area contributed by atoms with Crippen LogP contribution < -0.4 is 15.8 Å². The van der Waals surface area contributed by atoms with E-state index < -0.39 is 0 Å². The van der Waals surface area contributed by atoms with Gasteiger partial charge < -0.3 is 15.8 Å². The van der Waals surface area contributed by atoms with E-state index in [4.69, 9.17) is 10.5 Å². The minimum atomic E-state index is -0.334. The zero-order chi connectivity index (χ0) is 15.2. The van der Waals surface area contributed by atoms with Crippen molar-refractivity contribution in [3.63, 3.8) is 0 Å². The number of nitrogens with one attached hydrogen (secondary N) is 1. The van der Waals surface area contributed by atoms with Gasteiger partial charge in [-0.3, -0.25) is 4.79 Å². The van der Waals surface area contributed by atoms with Crippen LogP contribution in [0.2, 0.25) is 0 Å². The van der Waals surface area contributed by atoms with E-state index in [1.807, 2.05) is 25.1 Å². The number of likely N-dealkylation sites (N-methyl/N-ethyl adjacent to an activating group) is 1. The number of carbonyl (C=O) groups excluding carboxylic acids is 1. The summed E-state index contributed by atoms with van der Waals surface area (Å²) in [5.41, 5.74) is 6.54. The quantitative estimate of drug-likeness (QED) is 0.804. The largest absolute Gasteiger partial charge is 0.493 e. The van der Waals surface area contributed by atoms with E-state index in [-0.39, 0.29) is 17.4 Å². The van der Waals surface area contributed by atoms with E-state index in [2.05, 4.69) is 32.2 Å². The Hall–Kier alpha value is -1.55. The number of primary amides is 1. The molecule has 112 valence electrons. The third-order valence-electron chi connectivity index (χ3n) is 3.15. The molecule has 1 rings (SSSR count). The number of hydrogen-bond acceptors (Lipinski definition) is 3. The minimum Gasteiger partial charge on any atom is -0.493 e. The molecule has 0 saturated carbocycles. The van der Waals surface area contributed by atoms with Crippen LogP contribution in [0.15, 0.2) is 24.3 Å². The van der Waals surface area contributed by atoms with Crippen molar-refractivity contribution in [1.29, 1.82) is 0 Å². The summed E-state index contributed by atoms with van der Waals surface area (Å²) in [6.07, 6.45) is 0.571. The molecule has 4 heteroatoms. The first-order valence-corrected chi connectivity index (χ1v) is 7.11. The maximum atomic E-state index is 11.3. The highest BCUT2D eigenvalue weighted by Gasteiger charge is 2.19. The van der Waals surface area contributed by atoms with Crippen molar-refractivity contribution in [3.8, 4) is 5.75 Å². The Bertz CT molecular complexity index is 438. The predicted octanol–water partition coefficient (Wildman–Crippen LogP) is 2.22. The van der Waals surface area contributed by atoms with E-state index >= 15 is 0 Å². The van der Waals surface area contributed by atoms with E-state index in [9.17, 15) is 4.79 Å². The third-order valence-corrected chi connectivity index (χ3v) is 3.15. The summed E-state index contributed by atoms with van der Waals surface area (Å²) in [4.78, 5) is 11.3. The number of amides is 1. The van der Waals surface area contributed by atoms with Crippen LogP contribution in [-0.4, -0.2) is 25.1 Å². The summed E-state index contributed by atoms with van der Waals surface area (Å²) in [6.45, 7) is 9.59. The Balaban J connectivity index is 2.64. The van der Waals surface area contributed by atoms with Crippen LogP contribution in [0.25, 0.3) is 0 Å². The fourth-order valence-electron chi connectivity index (χ4n) is 2.09. The maximum absolute atomic E-state index is 11.3. The number of rotatable bonds is 7. The first-order valence-electron chi connectivity index (χ1n) is 7.11. The SMILES string of the molecule is CCNC(CCOc1ccccc1C(C)(C)C)C(N)=O. The number of hydrogen-bond donors (Lipinski definition) is 2. The molecule has 0 aliphatic rings. The molecule has 0 heterocycles. The van der Waals surface area contributed by atoms with Crippen molar-refractivity contribution < 1.29 is 9.53 Å². The van der Waals surface area contributed by atoms with Crippen molar-refractivity contribution in [1.82, 2.24) is 5.32 Å². The molecule has 0 radical (unpaired) electrons. The van der Waals surface area contributed by atoms with E-state index in [1.165, 1.54) is 5.56 Å². The van der Waals surface area contributed by atoms with Gasteiger partial charge >= 0.3 is 0 Å². The highest BCUT2D eigenvalue weighted by molar-refractivity contribution is 5.79. The third kappa shape index (κ3) is 4.85. The number of benzene rings is 1. The van der Waals surface area contributed by atoms with Crippen LogP contribution in [0, 0.1) is 0 Å². The van der Waals surface area contributed by atoms with Crippen LogP contribution in [-0.2, 0) is 10.2 Å². The molecule has 0 bridgehead atoms. The zero-order valence-corrected chi connectivity index (χ0v) is 12.9. The molecule has 4 nitrogen and oxygen atoms in total. The topological polar surface area (TPSA) is 64.3 Å². The van der Waals surface area contributed by atoms with Gasteiger partial charge in [0.15, 0.2) is 0 Å². The molecule has 20 heavy (non-hydrogen) atoms. The number of carbonyl (C=O) groups is 1. The van der Waals surface area contributed by atoms with Gasteiger partial charge in [0, 0.05) is 6.42 Å². The second-order valence-corrected chi connectivity index (χ2v) is 5.90. The highest BCUT2D eigenvalue weighted by atomic mass is 16.5. The van der Waals surface area contributed by atoms with Crippen LogP contribution in [0.5, 0.6) is 5.75 Å². The van der Waals surface area contributed by atoms with Gasteiger partial charge in [-0.25, -0.2) is 0 Å². The Morgan fingerprint density at radius 2 is 2.00 bits per heavy atom. The molecule has 1 aromatic carbocycles. The summed E-state index contributed by atoms with van der Waals surface area (Å²) in [7, 11) is 0. The van der Waals surface area contributed by atoms with E-state index in [0.29, 0.717) is 19.6 Å². The highest BCUT2D eigenvalue weighted by Crippen LogP contribution is 2.30. The monoisotopic (exact) mass is 278 g/mol. The molecule has 0 spiro atoms. The van der Waals surface area contributed by atoms with Gasteiger partial charge in [0.1, 0.15) is 5.75 Å². The first kappa shape index (κ1) is 16.5. The molecule has 0 aliphatic carbocycles. The molecular weight excluding hydrogens is 252 g/mol. The van der Waals surface area contributed by atoms with Gasteiger partial charge in [0.25, 0.3) is 0 Å². The lowest BCUT2D eigenvalue weighted by atomic mass is 9.86. The standard InChI is InChI=1S/C16H26N2O2/c1-5-18-13(15(17)19)10-11-20-14-9-7-6-8-12(14)16(2,3)4/h6-9,13,18H,5,10-11H2,1-4H3,(H2,17,19). The van der Waals surface area contributed by atoms with Crippen LogP contribution >= 0.6 is 0 Å². The van der Waals surface area contributed by atoms with E-state index in [1.54, 1.807) is 0 Å². The molecule has 1 amide bonds. The van der Waals surface area contributed by atoms with Crippen molar-refractivity contribution in [2.24, 2.45) is 5.73 Å². The van der Waals surface area contributed by atoms with Crippen molar-refractivity contribution in [2.45, 2.75) is 45.6 Å². The fourth-order valence-corrected chi connectivity index (χ4v) is 2.09. The molecule has 0 saturated heterocycles. The van der Waals surface area contributed by atoms with Crippen molar-refractivity contribution >= 4 is 5.91 Å². The van der Waals surface area contributed by atoms with Gasteiger partial charge in [-0.15, -0.1) is 0 Å². The lowest BCUT2D eigenvalue weighted by Crippen LogP contribution is -2.42. The van der Waals surface area contributed by atoms with E-state index in [0.717, 1.165) is 5.75 Å². The number of nitrogens with two attached hydrogens (primary N) is 1. The second-order valence-electron chi connectivity index (χ2n) is 5.90. The minimum absolute atomic E-state index is 0.0291. The van der Waals surface area contributed by atoms with Crippen molar-refractivity contribution in [3.05, 3.63) is 29.8 Å². The molecule has 0 fully saturated rings. The average Bonchev–Trinajstić information content (AvgIpc) is 2.37. The normalized spacial score (nSPS) is 13.0. The molecule has 3 N–H and O–H groups in total. The van der Waals surface area contributed by atoms with Crippen LogP contribution in [0.1, 0.15) is 39.7 Å². The van der Waals surface area contributed by atoms with Gasteiger partial charge in [-0.1, -0.05) is 45.9 Å². The first-order chi connectivity index (χ1) is 9.36. The van der Waals surface area contributed by atoms with Gasteiger partial charge in [0.2, 0.25) is 5.91 Å². The second kappa shape index (κ2) is 7.29. The van der Waals surface area contributed by atoms with Crippen LogP contribution in [0.4, 0.5) is 0 Å². The predicted molar refractivity (Wildman–Crippen MR) is 81.9 cm³/mol. The lowest BCUT2D eigenvalue weighted by Gasteiger charge is -2.23. The summed E-state index contributed by atoms with van der Waals surface area (Å²) < 4.78 is 5.84. The smallest absolute Gasteiger partial charge is 0.234 e. The van der Waals surface area contributed by atoms with Gasteiger partial charge in [0.05, 0.1) is 12.6 Å². The molecule has 1 aromatic rings. The number of ether oxygens (including phenoxy) is 1. The maximum Gasteiger partial charge on any atom is 0.234 e. The molecule has 1 unspecified atom stereocenters. The average molecular weight is 278 g/mol. The molecule has 1 atom stereocenters. The summed E-state index contributed by atoms with van der Waals surface area (Å²) in [6, 6.07) is 7.68. The molecule has 0 aromatic heterocycles. The van der Waals surface area contributed by atoms with Crippen LogP contribution in [0.3, 0.4) is 0 Å². The number of para-hydroxylation sites is 1. The molecule has 0 aliphatic heterocycles. The fraction of sp³-hybridized carbons (Fsp3) is 0.562. The zero-order valence-electron chi connectivity index (χ0n) is 12.9. The van der Waals surface area contributed by atoms with Gasteiger partial charge in [-0.2, -0.15) is 0 Å². The Morgan fingerprint density at radius 3 is 2.55 bits per heavy atom. The Labute approximate surface area is 121 Å². The Morgan fingerprint density at radius 1 is 1.35 bits per heavy atom. The summed E-state index contributed by atoms with van der Waals surface area (Å²) >= 11 is 0.